The Morgan fingerprint density at radius 3 is 2.47 bits per heavy atom. The smallest absolute Gasteiger partial charge is 0.196 e. The molecule has 0 aliphatic carbocycles. The molecule has 0 unspecified atom stereocenters. The molecule has 3 aromatic carbocycles. The SMILES string of the molecule is O=C(CSc1nnc(COc2ccccc2F)n1-c1ccccc1)c1ccc(O)c(O)c1. The summed E-state index contributed by atoms with van der Waals surface area (Å²) in [6.45, 7) is -0.0246. The lowest BCUT2D eigenvalue weighted by molar-refractivity contribution is 0.102. The molecule has 1 heterocycles. The van der Waals surface area contributed by atoms with E-state index in [4.69, 9.17) is 4.74 Å². The number of hydrogen-bond donors (Lipinski definition) is 2. The van der Waals surface area contributed by atoms with Crippen molar-refractivity contribution in [1.29, 1.82) is 0 Å². The first-order valence-electron chi connectivity index (χ1n) is 9.58. The quantitative estimate of drug-likeness (QED) is 0.233. The summed E-state index contributed by atoms with van der Waals surface area (Å²) in [5.41, 5.74) is 1.03. The van der Waals surface area contributed by atoms with E-state index in [1.165, 1.54) is 42.1 Å². The first-order valence-corrected chi connectivity index (χ1v) is 10.6. The molecule has 7 nitrogen and oxygen atoms in total. The lowest BCUT2D eigenvalue weighted by Gasteiger charge is -2.11. The fourth-order valence-corrected chi connectivity index (χ4v) is 3.80. The van der Waals surface area contributed by atoms with Gasteiger partial charge in [0, 0.05) is 11.3 Å². The maximum absolute atomic E-state index is 13.9. The largest absolute Gasteiger partial charge is 0.504 e. The first kappa shape index (κ1) is 21.4. The van der Waals surface area contributed by atoms with Crippen LogP contribution in [0, 0.1) is 5.82 Å². The van der Waals surface area contributed by atoms with Crippen LogP contribution >= 0.6 is 11.8 Å². The van der Waals surface area contributed by atoms with Crippen molar-refractivity contribution in [2.24, 2.45) is 0 Å². The van der Waals surface area contributed by atoms with Crippen LogP contribution in [-0.4, -0.2) is 36.5 Å². The third kappa shape index (κ3) is 4.73. The van der Waals surface area contributed by atoms with Gasteiger partial charge in [-0.2, -0.15) is 0 Å². The summed E-state index contributed by atoms with van der Waals surface area (Å²) < 4.78 is 21.2. The summed E-state index contributed by atoms with van der Waals surface area (Å²) in [4.78, 5) is 12.5. The molecule has 0 saturated carbocycles. The number of phenols is 2. The fraction of sp³-hybridized carbons (Fsp3) is 0.0870. The Bertz CT molecular complexity index is 1250. The number of halogens is 1. The molecular formula is C23H18FN3O4S. The molecule has 0 radical (unpaired) electrons. The highest BCUT2D eigenvalue weighted by Gasteiger charge is 2.18. The van der Waals surface area contributed by atoms with E-state index < -0.39 is 5.82 Å². The van der Waals surface area contributed by atoms with Crippen molar-refractivity contribution in [1.82, 2.24) is 14.8 Å². The number of phenolic OH excluding ortho intramolecular Hbond substituents is 2. The fourth-order valence-electron chi connectivity index (χ4n) is 2.94. The van der Waals surface area contributed by atoms with Crippen LogP contribution in [0.1, 0.15) is 16.2 Å². The second kappa shape index (κ2) is 9.52. The lowest BCUT2D eigenvalue weighted by Crippen LogP contribution is -2.08. The van der Waals surface area contributed by atoms with Gasteiger partial charge in [0.25, 0.3) is 0 Å². The average Bonchev–Trinajstić information content (AvgIpc) is 3.22. The zero-order chi connectivity index (χ0) is 22.5. The monoisotopic (exact) mass is 451 g/mol. The van der Waals surface area contributed by atoms with Gasteiger partial charge < -0.3 is 14.9 Å². The maximum atomic E-state index is 13.9. The van der Waals surface area contributed by atoms with Crippen molar-refractivity contribution < 1.29 is 24.1 Å². The van der Waals surface area contributed by atoms with E-state index in [2.05, 4.69) is 10.2 Å². The molecule has 1 aromatic heterocycles. The predicted molar refractivity (Wildman–Crippen MR) is 117 cm³/mol. The Morgan fingerprint density at radius 2 is 1.72 bits per heavy atom. The Morgan fingerprint density at radius 1 is 0.969 bits per heavy atom. The first-order chi connectivity index (χ1) is 15.5. The van der Waals surface area contributed by atoms with E-state index >= 15 is 0 Å². The van der Waals surface area contributed by atoms with Crippen molar-refractivity contribution >= 4 is 17.5 Å². The number of para-hydroxylation sites is 2. The number of Topliss-reactive ketones (excluding diaryl/α,β-unsaturated/α-hetero) is 1. The summed E-state index contributed by atoms with van der Waals surface area (Å²) in [6, 6.07) is 19.3. The molecule has 4 aromatic rings. The van der Waals surface area contributed by atoms with Gasteiger partial charge in [-0.25, -0.2) is 4.39 Å². The summed E-state index contributed by atoms with van der Waals surface area (Å²) >= 11 is 1.17. The number of aromatic nitrogens is 3. The van der Waals surface area contributed by atoms with E-state index in [-0.39, 0.29) is 41.0 Å². The second-order valence-electron chi connectivity index (χ2n) is 6.70. The molecule has 0 spiro atoms. The minimum Gasteiger partial charge on any atom is -0.504 e. The minimum atomic E-state index is -0.476. The van der Waals surface area contributed by atoms with Crippen LogP contribution in [0.25, 0.3) is 5.69 Å². The van der Waals surface area contributed by atoms with E-state index in [0.717, 1.165) is 5.69 Å². The van der Waals surface area contributed by atoms with E-state index in [0.29, 0.717) is 11.0 Å². The summed E-state index contributed by atoms with van der Waals surface area (Å²) in [5.74, 6) is -0.807. The van der Waals surface area contributed by atoms with E-state index in [1.807, 2.05) is 30.3 Å². The van der Waals surface area contributed by atoms with E-state index in [9.17, 15) is 19.4 Å². The molecule has 162 valence electrons. The molecule has 0 aliphatic rings. The van der Waals surface area contributed by atoms with Crippen molar-refractivity contribution in [2.45, 2.75) is 11.8 Å². The number of carbonyl (C=O) groups is 1. The highest BCUT2D eigenvalue weighted by molar-refractivity contribution is 7.99. The average molecular weight is 451 g/mol. The Balaban J connectivity index is 1.56. The molecule has 32 heavy (non-hydrogen) atoms. The summed E-state index contributed by atoms with van der Waals surface area (Å²) in [7, 11) is 0. The second-order valence-corrected chi connectivity index (χ2v) is 7.65. The molecule has 2 N–H and O–H groups in total. The summed E-state index contributed by atoms with van der Waals surface area (Å²) in [5, 5.41) is 27.9. The van der Waals surface area contributed by atoms with Gasteiger partial charge in [-0.3, -0.25) is 9.36 Å². The van der Waals surface area contributed by atoms with Crippen molar-refractivity contribution in [3.63, 3.8) is 0 Å². The van der Waals surface area contributed by atoms with Gasteiger partial charge >= 0.3 is 0 Å². The van der Waals surface area contributed by atoms with Crippen LogP contribution in [0.2, 0.25) is 0 Å². The summed E-state index contributed by atoms with van der Waals surface area (Å²) in [6.07, 6.45) is 0. The van der Waals surface area contributed by atoms with Crippen LogP contribution < -0.4 is 4.74 Å². The molecule has 0 atom stereocenters. The minimum absolute atomic E-state index is 0.0246. The Kier molecular flexibility index (Phi) is 6.37. The van der Waals surface area contributed by atoms with Gasteiger partial charge in [-0.1, -0.05) is 42.1 Å². The third-order valence-corrected chi connectivity index (χ3v) is 5.47. The molecule has 4 rings (SSSR count). The molecule has 9 heteroatoms. The number of hydrogen-bond acceptors (Lipinski definition) is 7. The van der Waals surface area contributed by atoms with Crippen molar-refractivity contribution in [3.8, 4) is 22.9 Å². The van der Waals surface area contributed by atoms with Gasteiger partial charge in [0.05, 0.1) is 5.75 Å². The number of aromatic hydroxyl groups is 2. The number of rotatable bonds is 8. The molecule has 0 saturated heterocycles. The molecular weight excluding hydrogens is 433 g/mol. The topological polar surface area (TPSA) is 97.5 Å². The number of thioether (sulfide) groups is 1. The normalized spacial score (nSPS) is 10.8. The van der Waals surface area contributed by atoms with Crippen LogP contribution in [0.15, 0.2) is 78.0 Å². The number of nitrogens with zero attached hydrogens (tertiary/aromatic N) is 3. The predicted octanol–water partition coefficient (Wildman–Crippen LogP) is 4.37. The van der Waals surface area contributed by atoms with Crippen LogP contribution in [-0.2, 0) is 6.61 Å². The van der Waals surface area contributed by atoms with Crippen molar-refractivity contribution in [3.05, 3.63) is 90.0 Å². The lowest BCUT2D eigenvalue weighted by atomic mass is 10.1. The highest BCUT2D eigenvalue weighted by Crippen LogP contribution is 2.27. The number of ketones is 1. The standard InChI is InChI=1S/C23H18FN3O4S/c24-17-8-4-5-9-21(17)31-13-22-25-26-23(27(22)16-6-2-1-3-7-16)32-14-20(30)15-10-11-18(28)19(29)12-15/h1-12,28-29H,13-14H2. The van der Waals surface area contributed by atoms with Gasteiger partial charge in [-0.15, -0.1) is 10.2 Å². The Hall–Kier alpha value is -3.85. The van der Waals surface area contributed by atoms with Gasteiger partial charge in [0.1, 0.15) is 6.61 Å². The molecule has 0 bridgehead atoms. The molecule has 0 amide bonds. The zero-order valence-corrected chi connectivity index (χ0v) is 17.5. The Labute approximate surface area is 187 Å². The van der Waals surface area contributed by atoms with E-state index in [1.54, 1.807) is 16.7 Å². The number of benzene rings is 3. The zero-order valence-electron chi connectivity index (χ0n) is 16.7. The third-order valence-electron chi connectivity index (χ3n) is 4.54. The van der Waals surface area contributed by atoms with Gasteiger partial charge in [-0.05, 0) is 42.5 Å². The maximum Gasteiger partial charge on any atom is 0.196 e. The van der Waals surface area contributed by atoms with Gasteiger partial charge in [0.2, 0.25) is 0 Å². The highest BCUT2D eigenvalue weighted by atomic mass is 32.2. The number of carbonyl (C=O) groups excluding carboxylic acids is 1. The van der Waals surface area contributed by atoms with Crippen LogP contribution in [0.5, 0.6) is 17.2 Å². The van der Waals surface area contributed by atoms with Crippen LogP contribution in [0.3, 0.4) is 0 Å². The number of ether oxygens (including phenoxy) is 1. The van der Waals surface area contributed by atoms with Crippen molar-refractivity contribution in [2.75, 3.05) is 5.75 Å². The van der Waals surface area contributed by atoms with Crippen LogP contribution in [0.4, 0.5) is 4.39 Å². The van der Waals surface area contributed by atoms with Gasteiger partial charge in [0.15, 0.2) is 39.8 Å². The molecule has 0 aliphatic heterocycles. The molecule has 0 fully saturated rings.